The fraction of sp³-hybridized carbons (Fsp3) is 0.280. The first kappa shape index (κ1) is 22.1. The normalized spacial score (nSPS) is 14.7. The monoisotopic (exact) mass is 450 g/mol. The average Bonchev–Trinajstić information content (AvgIpc) is 3.35. The van der Waals surface area contributed by atoms with E-state index >= 15 is 0 Å². The van der Waals surface area contributed by atoms with E-state index in [0.717, 1.165) is 18.8 Å². The van der Waals surface area contributed by atoms with E-state index in [1.807, 2.05) is 36.4 Å². The standard InChI is InChI=1S/C25H27ClN4O2/c26-22-16-20(11-12-24(22)32-18-21-10-4-5-13-27-21)29-25(31)28-17-23(30-14-6-7-15-30)19-8-2-1-3-9-19/h1-5,8-13,16,23H,6-7,14-15,17-18H2,(H2,28,29,31). The molecule has 1 unspecified atom stereocenters. The maximum Gasteiger partial charge on any atom is 0.319 e. The largest absolute Gasteiger partial charge is 0.486 e. The number of hydrogen-bond acceptors (Lipinski definition) is 4. The first-order valence-electron chi connectivity index (χ1n) is 10.8. The number of pyridine rings is 1. The molecule has 1 aliphatic heterocycles. The highest BCUT2D eigenvalue weighted by Crippen LogP contribution is 2.28. The molecule has 0 radical (unpaired) electrons. The molecule has 2 heterocycles. The summed E-state index contributed by atoms with van der Waals surface area (Å²) in [5, 5.41) is 6.30. The quantitative estimate of drug-likeness (QED) is 0.490. The molecule has 32 heavy (non-hydrogen) atoms. The summed E-state index contributed by atoms with van der Waals surface area (Å²) in [7, 11) is 0. The molecule has 166 valence electrons. The van der Waals surface area contributed by atoms with E-state index in [1.165, 1.54) is 18.4 Å². The molecule has 2 aromatic carbocycles. The fourth-order valence-corrected chi connectivity index (χ4v) is 4.12. The van der Waals surface area contributed by atoms with Crippen LogP contribution in [0.1, 0.15) is 30.1 Å². The number of hydrogen-bond donors (Lipinski definition) is 2. The SMILES string of the molecule is O=C(NCC(c1ccccc1)N1CCCC1)Nc1ccc(OCc2ccccn2)c(Cl)c1. The number of ether oxygens (including phenoxy) is 1. The molecule has 2 N–H and O–H groups in total. The van der Waals surface area contributed by atoms with Crippen molar-refractivity contribution in [1.29, 1.82) is 0 Å². The van der Waals surface area contributed by atoms with Crippen LogP contribution < -0.4 is 15.4 Å². The second kappa shape index (κ2) is 11.0. The lowest BCUT2D eigenvalue weighted by atomic mass is 10.1. The lowest BCUT2D eigenvalue weighted by molar-refractivity contribution is 0.227. The number of nitrogens with one attached hydrogen (secondary N) is 2. The molecule has 0 spiro atoms. The van der Waals surface area contributed by atoms with E-state index in [1.54, 1.807) is 24.4 Å². The molecule has 0 bridgehead atoms. The smallest absolute Gasteiger partial charge is 0.319 e. The van der Waals surface area contributed by atoms with Crippen LogP contribution in [0.25, 0.3) is 0 Å². The third-order valence-electron chi connectivity index (χ3n) is 5.51. The minimum atomic E-state index is -0.261. The number of amides is 2. The van der Waals surface area contributed by atoms with Crippen LogP contribution in [0.2, 0.25) is 5.02 Å². The van der Waals surface area contributed by atoms with Gasteiger partial charge in [-0.15, -0.1) is 0 Å². The van der Waals surface area contributed by atoms with Gasteiger partial charge < -0.3 is 15.4 Å². The number of nitrogens with zero attached hydrogens (tertiary/aromatic N) is 2. The molecule has 0 aliphatic carbocycles. The Morgan fingerprint density at radius 1 is 1.06 bits per heavy atom. The highest BCUT2D eigenvalue weighted by atomic mass is 35.5. The third-order valence-corrected chi connectivity index (χ3v) is 5.81. The number of anilines is 1. The van der Waals surface area contributed by atoms with Crippen molar-refractivity contribution < 1.29 is 9.53 Å². The summed E-state index contributed by atoms with van der Waals surface area (Å²) in [5.41, 5.74) is 2.64. The van der Waals surface area contributed by atoms with Crippen LogP contribution in [0.5, 0.6) is 5.75 Å². The second-order valence-corrected chi connectivity index (χ2v) is 8.17. The molecule has 3 aromatic rings. The van der Waals surface area contributed by atoms with Crippen LogP contribution in [0.15, 0.2) is 72.9 Å². The number of aromatic nitrogens is 1. The van der Waals surface area contributed by atoms with Gasteiger partial charge in [-0.3, -0.25) is 9.88 Å². The Labute approximate surface area is 193 Å². The average molecular weight is 451 g/mol. The van der Waals surface area contributed by atoms with E-state index in [-0.39, 0.29) is 12.1 Å². The van der Waals surface area contributed by atoms with Crippen LogP contribution in [0, 0.1) is 0 Å². The first-order chi connectivity index (χ1) is 15.7. The van der Waals surface area contributed by atoms with E-state index in [0.29, 0.717) is 29.6 Å². The minimum absolute atomic E-state index is 0.162. The summed E-state index contributed by atoms with van der Waals surface area (Å²) in [5.74, 6) is 0.543. The summed E-state index contributed by atoms with van der Waals surface area (Å²) in [4.78, 5) is 19.2. The third kappa shape index (κ3) is 5.99. The van der Waals surface area contributed by atoms with Gasteiger partial charge in [0.05, 0.1) is 16.8 Å². The molecule has 7 heteroatoms. The van der Waals surface area contributed by atoms with Gasteiger partial charge in [0.25, 0.3) is 0 Å². The van der Waals surface area contributed by atoms with Crippen LogP contribution in [-0.2, 0) is 6.61 Å². The predicted octanol–water partition coefficient (Wildman–Crippen LogP) is 5.27. The zero-order chi connectivity index (χ0) is 22.2. The number of benzene rings is 2. The van der Waals surface area contributed by atoms with Crippen molar-refractivity contribution in [3.63, 3.8) is 0 Å². The van der Waals surface area contributed by atoms with Crippen molar-refractivity contribution >= 4 is 23.3 Å². The first-order valence-corrected chi connectivity index (χ1v) is 11.2. The number of carbonyl (C=O) groups excluding carboxylic acids is 1. The van der Waals surface area contributed by atoms with Gasteiger partial charge in [-0.25, -0.2) is 4.79 Å². The molecular weight excluding hydrogens is 424 g/mol. The van der Waals surface area contributed by atoms with Gasteiger partial charge in [0.2, 0.25) is 0 Å². The van der Waals surface area contributed by atoms with Crippen LogP contribution in [-0.4, -0.2) is 35.5 Å². The Bertz CT molecular complexity index is 1010. The minimum Gasteiger partial charge on any atom is -0.486 e. The lowest BCUT2D eigenvalue weighted by Crippen LogP contribution is -2.38. The Balaban J connectivity index is 1.32. The van der Waals surface area contributed by atoms with Gasteiger partial charge in [-0.2, -0.15) is 0 Å². The van der Waals surface area contributed by atoms with Gasteiger partial charge >= 0.3 is 6.03 Å². The van der Waals surface area contributed by atoms with Crippen molar-refractivity contribution in [2.75, 3.05) is 25.0 Å². The molecule has 6 nitrogen and oxygen atoms in total. The molecule has 4 rings (SSSR count). The summed E-state index contributed by atoms with van der Waals surface area (Å²) < 4.78 is 5.74. The van der Waals surface area contributed by atoms with E-state index in [9.17, 15) is 4.79 Å². The Morgan fingerprint density at radius 2 is 1.84 bits per heavy atom. The van der Waals surface area contributed by atoms with Crippen molar-refractivity contribution in [2.45, 2.75) is 25.5 Å². The van der Waals surface area contributed by atoms with Crippen LogP contribution >= 0.6 is 11.6 Å². The van der Waals surface area contributed by atoms with Crippen molar-refractivity contribution in [3.05, 3.63) is 89.2 Å². The van der Waals surface area contributed by atoms with Gasteiger partial charge in [-0.05, 0) is 61.8 Å². The van der Waals surface area contributed by atoms with E-state index in [4.69, 9.17) is 16.3 Å². The van der Waals surface area contributed by atoms with Crippen molar-refractivity contribution in [2.24, 2.45) is 0 Å². The van der Waals surface area contributed by atoms with Crippen molar-refractivity contribution in [1.82, 2.24) is 15.2 Å². The van der Waals surface area contributed by atoms with Crippen molar-refractivity contribution in [3.8, 4) is 5.75 Å². The van der Waals surface area contributed by atoms with Gasteiger partial charge in [-0.1, -0.05) is 48.0 Å². The Hall–Kier alpha value is -3.09. The molecular formula is C25H27ClN4O2. The Kier molecular flexibility index (Phi) is 7.59. The fourth-order valence-electron chi connectivity index (χ4n) is 3.88. The zero-order valence-electron chi connectivity index (χ0n) is 17.8. The number of rotatable bonds is 8. The highest BCUT2D eigenvalue weighted by Gasteiger charge is 2.23. The van der Waals surface area contributed by atoms with Crippen LogP contribution in [0.3, 0.4) is 0 Å². The maximum absolute atomic E-state index is 12.5. The summed E-state index contributed by atoms with van der Waals surface area (Å²) in [6.07, 6.45) is 4.11. The number of carbonyl (C=O) groups is 1. The van der Waals surface area contributed by atoms with E-state index < -0.39 is 0 Å². The van der Waals surface area contributed by atoms with Gasteiger partial charge in [0.1, 0.15) is 12.4 Å². The maximum atomic E-state index is 12.5. The molecule has 2 amide bonds. The topological polar surface area (TPSA) is 66.5 Å². The molecule has 1 saturated heterocycles. The zero-order valence-corrected chi connectivity index (χ0v) is 18.6. The molecule has 1 fully saturated rings. The van der Waals surface area contributed by atoms with Gasteiger partial charge in [0, 0.05) is 18.4 Å². The molecule has 1 aliphatic rings. The summed E-state index contributed by atoms with van der Waals surface area (Å²) in [6, 6.07) is 21.1. The summed E-state index contributed by atoms with van der Waals surface area (Å²) in [6.45, 7) is 2.97. The summed E-state index contributed by atoms with van der Waals surface area (Å²) >= 11 is 6.35. The van der Waals surface area contributed by atoms with Gasteiger partial charge in [0.15, 0.2) is 0 Å². The molecule has 0 saturated carbocycles. The lowest BCUT2D eigenvalue weighted by Gasteiger charge is -2.28. The predicted molar refractivity (Wildman–Crippen MR) is 127 cm³/mol. The Morgan fingerprint density at radius 3 is 2.56 bits per heavy atom. The molecule has 1 atom stereocenters. The molecule has 1 aromatic heterocycles. The second-order valence-electron chi connectivity index (χ2n) is 7.76. The van der Waals surface area contributed by atoms with E-state index in [2.05, 4.69) is 32.7 Å². The number of urea groups is 1. The number of halogens is 1. The highest BCUT2D eigenvalue weighted by molar-refractivity contribution is 6.32. The van der Waals surface area contributed by atoms with Crippen LogP contribution in [0.4, 0.5) is 10.5 Å². The number of likely N-dealkylation sites (tertiary alicyclic amines) is 1.